The zero-order chi connectivity index (χ0) is 18.0. The summed E-state index contributed by atoms with van der Waals surface area (Å²) in [5.74, 6) is 0.0367. The Morgan fingerprint density at radius 1 is 1.36 bits per heavy atom. The van der Waals surface area contributed by atoms with Crippen molar-refractivity contribution in [1.82, 2.24) is 20.0 Å². The number of carbonyl (C=O) groups is 2. The van der Waals surface area contributed by atoms with E-state index >= 15 is 0 Å². The van der Waals surface area contributed by atoms with Crippen molar-refractivity contribution in [3.8, 4) is 0 Å². The van der Waals surface area contributed by atoms with E-state index < -0.39 is 5.97 Å². The molecule has 0 bridgehead atoms. The third kappa shape index (κ3) is 3.95. The average molecular weight is 349 g/mol. The van der Waals surface area contributed by atoms with E-state index in [2.05, 4.69) is 15.3 Å². The molecular weight excluding hydrogens is 322 g/mol. The fourth-order valence-corrected chi connectivity index (χ4v) is 3.26. The van der Waals surface area contributed by atoms with Gasteiger partial charge in [-0.15, -0.1) is 0 Å². The van der Waals surface area contributed by atoms with Gasteiger partial charge in [-0.1, -0.05) is 0 Å². The van der Waals surface area contributed by atoms with E-state index in [-0.39, 0.29) is 18.0 Å². The van der Waals surface area contributed by atoms with Gasteiger partial charge in [-0.2, -0.15) is 5.10 Å². The molecule has 3 rings (SSSR count). The molecule has 2 aliphatic rings. The van der Waals surface area contributed by atoms with Crippen LogP contribution in [0.3, 0.4) is 0 Å². The lowest BCUT2D eigenvalue weighted by Gasteiger charge is -2.35. The third-order valence-electron chi connectivity index (χ3n) is 5.03. The van der Waals surface area contributed by atoms with Crippen LogP contribution < -0.4 is 11.1 Å². The summed E-state index contributed by atoms with van der Waals surface area (Å²) < 4.78 is 6.72. The van der Waals surface area contributed by atoms with Crippen molar-refractivity contribution in [3.63, 3.8) is 0 Å². The number of nitrogens with two attached hydrogens (primary N) is 1. The SMILES string of the molecule is CCOC(=O)c1cnn(C2CCN([C@H](C)C(=O)NC3CC3)CC2)c1N. The second-order valence-electron chi connectivity index (χ2n) is 6.83. The van der Waals surface area contributed by atoms with E-state index in [4.69, 9.17) is 10.5 Å². The predicted molar refractivity (Wildman–Crippen MR) is 93.1 cm³/mol. The van der Waals surface area contributed by atoms with Gasteiger partial charge >= 0.3 is 5.97 Å². The summed E-state index contributed by atoms with van der Waals surface area (Å²) >= 11 is 0. The Morgan fingerprint density at radius 3 is 2.64 bits per heavy atom. The van der Waals surface area contributed by atoms with Gasteiger partial charge in [0.2, 0.25) is 5.91 Å². The molecule has 1 aliphatic heterocycles. The predicted octanol–water partition coefficient (Wildman–Crippen LogP) is 0.946. The van der Waals surface area contributed by atoms with Crippen LogP contribution in [0.25, 0.3) is 0 Å². The minimum atomic E-state index is -0.436. The number of carbonyl (C=O) groups excluding carboxylic acids is 2. The highest BCUT2D eigenvalue weighted by Crippen LogP contribution is 2.27. The second kappa shape index (κ2) is 7.43. The summed E-state index contributed by atoms with van der Waals surface area (Å²) in [5, 5.41) is 7.35. The van der Waals surface area contributed by atoms with Gasteiger partial charge < -0.3 is 15.8 Å². The number of anilines is 1. The molecule has 1 aliphatic carbocycles. The van der Waals surface area contributed by atoms with Crippen molar-refractivity contribution in [2.75, 3.05) is 25.4 Å². The highest BCUT2D eigenvalue weighted by atomic mass is 16.5. The standard InChI is InChI=1S/C17H27N5O3/c1-3-25-17(24)14-10-19-22(15(14)18)13-6-8-21(9-7-13)11(2)16(23)20-12-4-5-12/h10-13H,3-9,18H2,1-2H3,(H,20,23)/t11-/m1/s1. The molecule has 1 aromatic rings. The van der Waals surface area contributed by atoms with Crippen LogP contribution in [0.4, 0.5) is 5.82 Å². The largest absolute Gasteiger partial charge is 0.462 e. The van der Waals surface area contributed by atoms with E-state index in [1.165, 1.54) is 6.20 Å². The van der Waals surface area contributed by atoms with Crippen LogP contribution >= 0.6 is 0 Å². The Morgan fingerprint density at radius 2 is 2.04 bits per heavy atom. The Kier molecular flexibility index (Phi) is 5.27. The first-order valence-electron chi connectivity index (χ1n) is 9.05. The summed E-state index contributed by atoms with van der Waals surface area (Å²) in [7, 11) is 0. The Labute approximate surface area is 147 Å². The summed E-state index contributed by atoms with van der Waals surface area (Å²) in [5.41, 5.74) is 6.41. The van der Waals surface area contributed by atoms with Crippen LogP contribution in [0.1, 0.15) is 55.9 Å². The molecule has 25 heavy (non-hydrogen) atoms. The number of nitrogens with zero attached hydrogens (tertiary/aromatic N) is 3. The first-order chi connectivity index (χ1) is 12.0. The Hall–Kier alpha value is -2.09. The topological polar surface area (TPSA) is 102 Å². The summed E-state index contributed by atoms with van der Waals surface area (Å²) in [6, 6.07) is 0.405. The number of amides is 1. The van der Waals surface area contributed by atoms with Crippen LogP contribution in [0.5, 0.6) is 0 Å². The van der Waals surface area contributed by atoms with Crippen molar-refractivity contribution in [2.45, 2.75) is 57.7 Å². The second-order valence-corrected chi connectivity index (χ2v) is 6.83. The van der Waals surface area contributed by atoms with Crippen molar-refractivity contribution in [1.29, 1.82) is 0 Å². The van der Waals surface area contributed by atoms with Crippen molar-refractivity contribution in [2.24, 2.45) is 0 Å². The molecule has 3 N–H and O–H groups in total. The number of piperidine rings is 1. The van der Waals surface area contributed by atoms with Crippen LogP contribution in [0.2, 0.25) is 0 Å². The Balaban J connectivity index is 1.57. The van der Waals surface area contributed by atoms with Crippen LogP contribution in [-0.2, 0) is 9.53 Å². The highest BCUT2D eigenvalue weighted by molar-refractivity contribution is 5.94. The molecule has 1 saturated heterocycles. The first-order valence-corrected chi connectivity index (χ1v) is 9.05. The van der Waals surface area contributed by atoms with E-state index in [9.17, 15) is 9.59 Å². The molecule has 138 valence electrons. The molecule has 0 aromatic carbocycles. The number of aromatic nitrogens is 2. The molecule has 1 saturated carbocycles. The molecule has 0 unspecified atom stereocenters. The minimum absolute atomic E-state index is 0.115. The van der Waals surface area contributed by atoms with Gasteiger partial charge in [-0.3, -0.25) is 9.69 Å². The molecule has 2 fully saturated rings. The van der Waals surface area contributed by atoms with Gasteiger partial charge in [0.15, 0.2) is 0 Å². The zero-order valence-corrected chi connectivity index (χ0v) is 14.9. The lowest BCUT2D eigenvalue weighted by molar-refractivity contribution is -0.126. The van der Waals surface area contributed by atoms with Gasteiger partial charge in [0.1, 0.15) is 11.4 Å². The number of rotatable bonds is 6. The first kappa shape index (κ1) is 17.7. The normalized spacial score (nSPS) is 20.2. The molecule has 0 spiro atoms. The van der Waals surface area contributed by atoms with E-state index in [1.54, 1.807) is 11.6 Å². The third-order valence-corrected chi connectivity index (χ3v) is 5.03. The van der Waals surface area contributed by atoms with Crippen molar-refractivity contribution >= 4 is 17.7 Å². The van der Waals surface area contributed by atoms with Crippen LogP contribution in [0, 0.1) is 0 Å². The lowest BCUT2D eigenvalue weighted by atomic mass is 10.0. The molecule has 8 heteroatoms. The van der Waals surface area contributed by atoms with E-state index in [0.29, 0.717) is 24.0 Å². The minimum Gasteiger partial charge on any atom is -0.462 e. The van der Waals surface area contributed by atoms with Crippen molar-refractivity contribution < 1.29 is 14.3 Å². The molecule has 1 amide bonds. The monoisotopic (exact) mass is 349 g/mol. The lowest BCUT2D eigenvalue weighted by Crippen LogP contribution is -2.49. The number of nitrogens with one attached hydrogen (secondary N) is 1. The maximum Gasteiger partial charge on any atom is 0.343 e. The summed E-state index contributed by atoms with van der Waals surface area (Å²) in [6.45, 7) is 5.63. The highest BCUT2D eigenvalue weighted by Gasteiger charge is 2.31. The van der Waals surface area contributed by atoms with Crippen LogP contribution in [0.15, 0.2) is 6.20 Å². The number of likely N-dealkylation sites (tertiary alicyclic amines) is 1. The maximum absolute atomic E-state index is 12.2. The van der Waals surface area contributed by atoms with Gasteiger partial charge in [-0.25, -0.2) is 9.48 Å². The van der Waals surface area contributed by atoms with Crippen LogP contribution in [-0.4, -0.2) is 58.3 Å². The fourth-order valence-electron chi connectivity index (χ4n) is 3.26. The smallest absolute Gasteiger partial charge is 0.343 e. The fraction of sp³-hybridized carbons (Fsp3) is 0.706. The van der Waals surface area contributed by atoms with E-state index in [0.717, 1.165) is 38.8 Å². The average Bonchev–Trinajstić information content (AvgIpc) is 3.34. The molecule has 8 nitrogen and oxygen atoms in total. The van der Waals surface area contributed by atoms with E-state index in [1.807, 2.05) is 6.92 Å². The number of hydrogen-bond donors (Lipinski definition) is 2. The van der Waals surface area contributed by atoms with Gasteiger partial charge in [0, 0.05) is 19.1 Å². The number of hydrogen-bond acceptors (Lipinski definition) is 6. The number of esters is 1. The zero-order valence-electron chi connectivity index (χ0n) is 14.9. The quantitative estimate of drug-likeness (QED) is 0.741. The summed E-state index contributed by atoms with van der Waals surface area (Å²) in [4.78, 5) is 26.3. The molecule has 2 heterocycles. The van der Waals surface area contributed by atoms with Gasteiger partial charge in [0.05, 0.1) is 24.9 Å². The summed E-state index contributed by atoms with van der Waals surface area (Å²) in [6.07, 6.45) is 5.36. The Bertz CT molecular complexity index is 632. The maximum atomic E-state index is 12.2. The molecule has 1 aromatic heterocycles. The molecular formula is C17H27N5O3. The number of nitrogen functional groups attached to an aromatic ring is 1. The molecule has 1 atom stereocenters. The number of ether oxygens (including phenoxy) is 1. The molecule has 0 radical (unpaired) electrons. The van der Waals surface area contributed by atoms with Gasteiger partial charge in [-0.05, 0) is 39.5 Å². The van der Waals surface area contributed by atoms with Gasteiger partial charge in [0.25, 0.3) is 0 Å². The van der Waals surface area contributed by atoms with Crippen molar-refractivity contribution in [3.05, 3.63) is 11.8 Å².